The molecule has 1 aromatic carbocycles. The number of rotatable bonds is 3. The van der Waals surface area contributed by atoms with E-state index in [1.165, 1.54) is 0 Å². The Hall–Kier alpha value is -1.21. The van der Waals surface area contributed by atoms with E-state index in [0.29, 0.717) is 12.8 Å². The third kappa shape index (κ3) is 2.14. The van der Waals surface area contributed by atoms with E-state index < -0.39 is 26.6 Å². The van der Waals surface area contributed by atoms with Gasteiger partial charge in [-0.05, 0) is 25.0 Å². The molecule has 0 heterocycles. The molecule has 0 bridgehead atoms. The molecule has 1 aliphatic carbocycles. The van der Waals surface area contributed by atoms with Crippen LogP contribution in [0.1, 0.15) is 12.8 Å². The molecular formula is C9H10F2N2O2S. The van der Waals surface area contributed by atoms with Gasteiger partial charge in [0.15, 0.2) is 4.90 Å². The molecule has 1 fully saturated rings. The van der Waals surface area contributed by atoms with Gasteiger partial charge in [0, 0.05) is 11.7 Å². The molecule has 4 nitrogen and oxygen atoms in total. The van der Waals surface area contributed by atoms with E-state index >= 15 is 0 Å². The molecule has 3 N–H and O–H groups in total. The van der Waals surface area contributed by atoms with Crippen LogP contribution in [0.25, 0.3) is 0 Å². The van der Waals surface area contributed by atoms with Crippen LogP contribution in [0.2, 0.25) is 0 Å². The van der Waals surface area contributed by atoms with Crippen molar-refractivity contribution in [3.63, 3.8) is 0 Å². The summed E-state index contributed by atoms with van der Waals surface area (Å²) in [4.78, 5) is -0.964. The maximum absolute atomic E-state index is 13.3. The Bertz CT molecular complexity index is 503. The topological polar surface area (TPSA) is 72.2 Å². The van der Waals surface area contributed by atoms with Gasteiger partial charge in [-0.25, -0.2) is 21.9 Å². The summed E-state index contributed by atoms with van der Waals surface area (Å²) >= 11 is 0. The van der Waals surface area contributed by atoms with Crippen molar-refractivity contribution in [2.45, 2.75) is 23.8 Å². The highest BCUT2D eigenvalue weighted by Gasteiger charge is 2.31. The first-order chi connectivity index (χ1) is 7.40. The molecule has 2 rings (SSSR count). The van der Waals surface area contributed by atoms with Gasteiger partial charge in [-0.1, -0.05) is 0 Å². The number of anilines is 1. The fraction of sp³-hybridized carbons (Fsp3) is 0.333. The zero-order valence-electron chi connectivity index (χ0n) is 8.20. The van der Waals surface area contributed by atoms with Crippen LogP contribution in [0.15, 0.2) is 17.0 Å². The van der Waals surface area contributed by atoms with Crippen molar-refractivity contribution < 1.29 is 17.2 Å². The van der Waals surface area contributed by atoms with Crippen molar-refractivity contribution in [3.8, 4) is 0 Å². The molecule has 7 heteroatoms. The van der Waals surface area contributed by atoms with Crippen molar-refractivity contribution in [3.05, 3.63) is 23.8 Å². The highest BCUT2D eigenvalue weighted by molar-refractivity contribution is 7.89. The van der Waals surface area contributed by atoms with E-state index in [-0.39, 0.29) is 11.7 Å². The molecule has 0 aromatic heterocycles. The lowest BCUT2D eigenvalue weighted by Crippen LogP contribution is -2.27. The van der Waals surface area contributed by atoms with Gasteiger partial charge in [-0.3, -0.25) is 0 Å². The number of halogens is 2. The summed E-state index contributed by atoms with van der Waals surface area (Å²) in [6, 6.07) is 1.36. The zero-order valence-corrected chi connectivity index (χ0v) is 9.02. The molecule has 1 aromatic rings. The first-order valence-corrected chi connectivity index (χ1v) is 6.15. The van der Waals surface area contributed by atoms with Gasteiger partial charge in [-0.2, -0.15) is 0 Å². The molecule has 0 radical (unpaired) electrons. The summed E-state index contributed by atoms with van der Waals surface area (Å²) in [5.74, 6) is -2.35. The summed E-state index contributed by atoms with van der Waals surface area (Å²) in [6.07, 6.45) is 1.38. The molecule has 88 valence electrons. The summed E-state index contributed by atoms with van der Waals surface area (Å²) in [6.45, 7) is 0. The van der Waals surface area contributed by atoms with E-state index in [1.807, 2.05) is 0 Å². The quantitative estimate of drug-likeness (QED) is 0.783. The lowest BCUT2D eigenvalue weighted by atomic mass is 10.3. The first-order valence-electron chi connectivity index (χ1n) is 4.67. The van der Waals surface area contributed by atoms with Crippen LogP contribution in [0, 0.1) is 11.6 Å². The number of benzene rings is 1. The largest absolute Gasteiger partial charge is 0.399 e. The van der Waals surface area contributed by atoms with Crippen LogP contribution in [-0.4, -0.2) is 14.5 Å². The Morgan fingerprint density at radius 2 is 1.75 bits per heavy atom. The number of sulfonamides is 1. The van der Waals surface area contributed by atoms with Gasteiger partial charge >= 0.3 is 0 Å². The normalized spacial score (nSPS) is 16.4. The predicted molar refractivity (Wildman–Crippen MR) is 54.1 cm³/mol. The minimum absolute atomic E-state index is 0.152. The number of nitrogens with one attached hydrogen (secondary N) is 1. The van der Waals surface area contributed by atoms with Crippen LogP contribution < -0.4 is 10.5 Å². The minimum atomic E-state index is -4.13. The smallest absolute Gasteiger partial charge is 0.246 e. The minimum Gasteiger partial charge on any atom is -0.399 e. The lowest BCUT2D eigenvalue weighted by molar-refractivity contribution is 0.514. The Labute approximate surface area is 91.5 Å². The summed E-state index contributed by atoms with van der Waals surface area (Å²) < 4.78 is 52.1. The highest BCUT2D eigenvalue weighted by atomic mass is 32.2. The number of nitrogen functional groups attached to an aromatic ring is 1. The zero-order chi connectivity index (χ0) is 11.9. The fourth-order valence-electron chi connectivity index (χ4n) is 1.32. The summed E-state index contributed by atoms with van der Waals surface area (Å²) in [7, 11) is -4.13. The van der Waals surface area contributed by atoms with E-state index in [2.05, 4.69) is 4.72 Å². The molecule has 0 saturated heterocycles. The molecular weight excluding hydrogens is 238 g/mol. The molecule has 1 aliphatic rings. The Kier molecular flexibility index (Phi) is 2.59. The second-order valence-electron chi connectivity index (χ2n) is 3.71. The van der Waals surface area contributed by atoms with Gasteiger partial charge < -0.3 is 5.73 Å². The second kappa shape index (κ2) is 3.67. The molecule has 0 amide bonds. The summed E-state index contributed by atoms with van der Waals surface area (Å²) in [5.41, 5.74) is 5.04. The van der Waals surface area contributed by atoms with Gasteiger partial charge in [0.1, 0.15) is 11.6 Å². The monoisotopic (exact) mass is 248 g/mol. The van der Waals surface area contributed by atoms with Crippen molar-refractivity contribution in [2.24, 2.45) is 0 Å². The molecule has 0 spiro atoms. The van der Waals surface area contributed by atoms with E-state index in [1.54, 1.807) is 0 Å². The van der Waals surface area contributed by atoms with Crippen LogP contribution >= 0.6 is 0 Å². The third-order valence-corrected chi connectivity index (χ3v) is 3.76. The number of nitrogens with two attached hydrogens (primary N) is 1. The highest BCUT2D eigenvalue weighted by Crippen LogP contribution is 2.26. The average molecular weight is 248 g/mol. The van der Waals surface area contributed by atoms with Crippen LogP contribution in [-0.2, 0) is 10.0 Å². The van der Waals surface area contributed by atoms with Gasteiger partial charge in [0.2, 0.25) is 10.0 Å². The van der Waals surface area contributed by atoms with Crippen LogP contribution in [0.3, 0.4) is 0 Å². The molecule has 1 saturated carbocycles. The summed E-state index contributed by atoms with van der Waals surface area (Å²) in [5, 5.41) is 0. The van der Waals surface area contributed by atoms with Crippen molar-refractivity contribution in [2.75, 3.05) is 5.73 Å². The van der Waals surface area contributed by atoms with Crippen molar-refractivity contribution >= 4 is 15.7 Å². The Morgan fingerprint density at radius 3 is 2.19 bits per heavy atom. The Balaban J connectivity index is 2.46. The van der Waals surface area contributed by atoms with Gasteiger partial charge in [0.05, 0.1) is 0 Å². The first kappa shape index (κ1) is 11.3. The lowest BCUT2D eigenvalue weighted by Gasteiger charge is -2.08. The Morgan fingerprint density at radius 1 is 1.25 bits per heavy atom. The molecule has 0 aliphatic heterocycles. The van der Waals surface area contributed by atoms with Crippen molar-refractivity contribution in [1.82, 2.24) is 4.72 Å². The maximum atomic E-state index is 13.3. The number of hydrogen-bond donors (Lipinski definition) is 2. The van der Waals surface area contributed by atoms with Gasteiger partial charge in [-0.15, -0.1) is 0 Å². The van der Waals surface area contributed by atoms with Gasteiger partial charge in [0.25, 0.3) is 0 Å². The third-order valence-electron chi connectivity index (χ3n) is 2.19. The maximum Gasteiger partial charge on any atom is 0.246 e. The predicted octanol–water partition coefficient (Wildman–Crippen LogP) is 0.988. The molecule has 0 atom stereocenters. The van der Waals surface area contributed by atoms with Crippen LogP contribution in [0.5, 0.6) is 0 Å². The van der Waals surface area contributed by atoms with E-state index in [9.17, 15) is 17.2 Å². The van der Waals surface area contributed by atoms with Crippen molar-refractivity contribution in [1.29, 1.82) is 0 Å². The second-order valence-corrected chi connectivity index (χ2v) is 5.36. The average Bonchev–Trinajstić information content (AvgIpc) is 2.83. The van der Waals surface area contributed by atoms with E-state index in [0.717, 1.165) is 12.1 Å². The molecule has 0 unspecified atom stereocenters. The SMILES string of the molecule is Nc1cc(F)c(S(=O)(=O)NC2CC2)c(F)c1. The van der Waals surface area contributed by atoms with Crippen LogP contribution in [0.4, 0.5) is 14.5 Å². The number of hydrogen-bond acceptors (Lipinski definition) is 3. The standard InChI is InChI=1S/C9H10F2N2O2S/c10-7-3-5(12)4-8(11)9(7)16(14,15)13-6-1-2-6/h3-4,6,13H,1-2,12H2. The molecule has 16 heavy (non-hydrogen) atoms. The van der Waals surface area contributed by atoms with E-state index in [4.69, 9.17) is 5.73 Å². The fourth-order valence-corrected chi connectivity index (χ4v) is 2.74.